The van der Waals surface area contributed by atoms with Crippen molar-refractivity contribution in [1.29, 1.82) is 0 Å². The lowest BCUT2D eigenvalue weighted by Gasteiger charge is -2.08. The molecule has 1 aromatic rings. The number of carboxylic acid groups (broad SMARTS) is 1. The van der Waals surface area contributed by atoms with E-state index in [1.54, 1.807) is 37.0 Å². The van der Waals surface area contributed by atoms with E-state index in [0.29, 0.717) is 6.54 Å². The van der Waals surface area contributed by atoms with Crippen molar-refractivity contribution in [1.82, 2.24) is 15.1 Å². The maximum Gasteiger partial charge on any atom is 0.303 e. The van der Waals surface area contributed by atoms with Crippen LogP contribution in [0.4, 0.5) is 0 Å². The van der Waals surface area contributed by atoms with E-state index < -0.39 is 5.97 Å². The first-order valence-electron chi connectivity index (χ1n) is 5.64. The van der Waals surface area contributed by atoms with Crippen LogP contribution in [0.2, 0.25) is 0 Å². The molecule has 0 spiro atoms. The molecular weight excluding hydrogens is 234 g/mol. The zero-order valence-electron chi connectivity index (χ0n) is 10.5. The van der Waals surface area contributed by atoms with Crippen LogP contribution in [0, 0.1) is 5.92 Å². The number of hydrogen-bond donors (Lipinski definition) is 2. The first-order valence-corrected chi connectivity index (χ1v) is 5.64. The number of nitrogens with zero attached hydrogens (tertiary/aromatic N) is 2. The average molecular weight is 251 g/mol. The summed E-state index contributed by atoms with van der Waals surface area (Å²) in [7, 11) is 1.78. The highest BCUT2D eigenvalue weighted by Gasteiger charge is 2.08. The van der Waals surface area contributed by atoms with Gasteiger partial charge in [-0.1, -0.05) is 6.92 Å². The quantitative estimate of drug-likeness (QED) is 0.727. The first-order chi connectivity index (χ1) is 8.49. The average Bonchev–Trinajstić information content (AvgIpc) is 2.68. The van der Waals surface area contributed by atoms with Crippen molar-refractivity contribution < 1.29 is 14.7 Å². The number of aliphatic carboxylic acids is 1. The molecule has 1 atom stereocenters. The summed E-state index contributed by atoms with van der Waals surface area (Å²) in [4.78, 5) is 21.9. The van der Waals surface area contributed by atoms with Crippen molar-refractivity contribution in [3.8, 4) is 0 Å². The lowest BCUT2D eigenvalue weighted by molar-refractivity contribution is -0.138. The third-order valence-corrected chi connectivity index (χ3v) is 2.41. The van der Waals surface area contributed by atoms with Crippen LogP contribution in [0.3, 0.4) is 0 Å². The van der Waals surface area contributed by atoms with Crippen molar-refractivity contribution >= 4 is 18.0 Å². The molecule has 0 saturated carbocycles. The van der Waals surface area contributed by atoms with Gasteiger partial charge in [0.25, 0.3) is 0 Å². The van der Waals surface area contributed by atoms with Gasteiger partial charge in [-0.05, 0) is 18.1 Å². The Morgan fingerprint density at radius 1 is 1.61 bits per heavy atom. The van der Waals surface area contributed by atoms with E-state index in [1.807, 2.05) is 0 Å². The molecule has 0 aromatic carbocycles. The molecule has 1 rings (SSSR count). The van der Waals surface area contributed by atoms with Gasteiger partial charge in [0.05, 0.1) is 5.69 Å². The Bertz CT molecular complexity index is 451. The molecule has 1 heterocycles. The monoisotopic (exact) mass is 251 g/mol. The summed E-state index contributed by atoms with van der Waals surface area (Å²) in [5.41, 5.74) is 0.823. The molecule has 6 nitrogen and oxygen atoms in total. The van der Waals surface area contributed by atoms with Gasteiger partial charge in [-0.15, -0.1) is 0 Å². The lowest BCUT2D eigenvalue weighted by atomic mass is 10.1. The second kappa shape index (κ2) is 6.58. The molecule has 0 aliphatic rings. The Morgan fingerprint density at radius 2 is 2.33 bits per heavy atom. The topological polar surface area (TPSA) is 84.2 Å². The maximum absolute atomic E-state index is 11.5. The summed E-state index contributed by atoms with van der Waals surface area (Å²) >= 11 is 0. The van der Waals surface area contributed by atoms with E-state index in [2.05, 4.69) is 10.4 Å². The highest BCUT2D eigenvalue weighted by Crippen LogP contribution is 2.00. The summed E-state index contributed by atoms with van der Waals surface area (Å²) in [6.07, 6.45) is 4.76. The van der Waals surface area contributed by atoms with Gasteiger partial charge < -0.3 is 10.4 Å². The van der Waals surface area contributed by atoms with Gasteiger partial charge in [0, 0.05) is 32.3 Å². The third-order valence-electron chi connectivity index (χ3n) is 2.41. The van der Waals surface area contributed by atoms with Crippen molar-refractivity contribution in [3.63, 3.8) is 0 Å². The largest absolute Gasteiger partial charge is 0.481 e. The molecule has 2 N–H and O–H groups in total. The SMILES string of the molecule is CC(CNC(=O)/C=C/c1ccnn1C)CC(=O)O. The maximum atomic E-state index is 11.5. The van der Waals surface area contributed by atoms with E-state index >= 15 is 0 Å². The molecule has 0 fully saturated rings. The fourth-order valence-corrected chi connectivity index (χ4v) is 1.41. The highest BCUT2D eigenvalue weighted by molar-refractivity contribution is 5.91. The van der Waals surface area contributed by atoms with Gasteiger partial charge in [0.2, 0.25) is 5.91 Å². The molecule has 1 aromatic heterocycles. The van der Waals surface area contributed by atoms with Crippen molar-refractivity contribution in [2.75, 3.05) is 6.54 Å². The van der Waals surface area contributed by atoms with Crippen LogP contribution in [-0.2, 0) is 16.6 Å². The minimum absolute atomic E-state index is 0.0473. The number of aromatic nitrogens is 2. The first kappa shape index (κ1) is 14.0. The van der Waals surface area contributed by atoms with Crippen LogP contribution in [0.5, 0.6) is 0 Å². The molecule has 6 heteroatoms. The van der Waals surface area contributed by atoms with E-state index in [1.165, 1.54) is 6.08 Å². The summed E-state index contributed by atoms with van der Waals surface area (Å²) in [5.74, 6) is -1.19. The molecule has 0 aliphatic heterocycles. The minimum atomic E-state index is -0.859. The molecule has 1 unspecified atom stereocenters. The fraction of sp³-hybridized carbons (Fsp3) is 0.417. The van der Waals surface area contributed by atoms with Crippen LogP contribution < -0.4 is 5.32 Å². The predicted molar refractivity (Wildman–Crippen MR) is 66.7 cm³/mol. The number of aryl methyl sites for hydroxylation is 1. The van der Waals surface area contributed by atoms with Gasteiger partial charge in [-0.2, -0.15) is 5.10 Å². The predicted octanol–water partition coefficient (Wildman–Crippen LogP) is 0.660. The van der Waals surface area contributed by atoms with E-state index in [4.69, 9.17) is 5.11 Å². The molecule has 0 radical (unpaired) electrons. The number of rotatable bonds is 6. The van der Waals surface area contributed by atoms with Crippen LogP contribution in [0.15, 0.2) is 18.3 Å². The Hall–Kier alpha value is -2.11. The molecule has 0 aliphatic carbocycles. The Balaban J connectivity index is 2.36. The zero-order chi connectivity index (χ0) is 13.5. The second-order valence-corrected chi connectivity index (χ2v) is 4.16. The zero-order valence-corrected chi connectivity index (χ0v) is 10.5. The second-order valence-electron chi connectivity index (χ2n) is 4.16. The Kier molecular flexibility index (Phi) is 5.10. The molecule has 0 saturated heterocycles. The van der Waals surface area contributed by atoms with Gasteiger partial charge in [0.1, 0.15) is 0 Å². The molecule has 1 amide bonds. The summed E-state index contributed by atoms with van der Waals surface area (Å²) in [6.45, 7) is 2.13. The van der Waals surface area contributed by atoms with Gasteiger partial charge >= 0.3 is 5.97 Å². The van der Waals surface area contributed by atoms with Crippen molar-refractivity contribution in [2.45, 2.75) is 13.3 Å². The van der Waals surface area contributed by atoms with Crippen molar-refractivity contribution in [3.05, 3.63) is 24.0 Å². The Labute approximate surface area is 105 Å². The van der Waals surface area contributed by atoms with Crippen LogP contribution >= 0.6 is 0 Å². The van der Waals surface area contributed by atoms with E-state index in [0.717, 1.165) is 5.69 Å². The van der Waals surface area contributed by atoms with Gasteiger partial charge in [0.15, 0.2) is 0 Å². The highest BCUT2D eigenvalue weighted by atomic mass is 16.4. The minimum Gasteiger partial charge on any atom is -0.481 e. The molecule has 18 heavy (non-hydrogen) atoms. The summed E-state index contributed by atoms with van der Waals surface area (Å²) in [5, 5.41) is 15.2. The number of carboxylic acids is 1. The van der Waals surface area contributed by atoms with Gasteiger partial charge in [-0.3, -0.25) is 14.3 Å². The fourth-order valence-electron chi connectivity index (χ4n) is 1.41. The van der Waals surface area contributed by atoms with Crippen molar-refractivity contribution in [2.24, 2.45) is 13.0 Å². The Morgan fingerprint density at radius 3 is 2.89 bits per heavy atom. The summed E-state index contributed by atoms with van der Waals surface area (Å²) < 4.78 is 1.65. The number of carbonyl (C=O) groups excluding carboxylic acids is 1. The number of amides is 1. The standard InChI is InChI=1S/C12H17N3O3/c1-9(7-12(17)18)8-13-11(16)4-3-10-5-6-14-15(10)2/h3-6,9H,7-8H2,1-2H3,(H,13,16)(H,17,18)/b4-3+. The van der Waals surface area contributed by atoms with E-state index in [-0.39, 0.29) is 18.2 Å². The van der Waals surface area contributed by atoms with Crippen LogP contribution in [-0.4, -0.2) is 33.3 Å². The molecule has 98 valence electrons. The van der Waals surface area contributed by atoms with Crippen LogP contribution in [0.1, 0.15) is 19.0 Å². The third kappa shape index (κ3) is 4.82. The van der Waals surface area contributed by atoms with Gasteiger partial charge in [-0.25, -0.2) is 0 Å². The smallest absolute Gasteiger partial charge is 0.303 e. The normalized spacial score (nSPS) is 12.6. The molecule has 0 bridgehead atoms. The lowest BCUT2D eigenvalue weighted by Crippen LogP contribution is -2.27. The number of nitrogens with one attached hydrogen (secondary N) is 1. The number of carbonyl (C=O) groups is 2. The summed E-state index contributed by atoms with van der Waals surface area (Å²) in [6, 6.07) is 1.79. The number of hydrogen-bond acceptors (Lipinski definition) is 3. The van der Waals surface area contributed by atoms with E-state index in [9.17, 15) is 9.59 Å². The van der Waals surface area contributed by atoms with Crippen LogP contribution in [0.25, 0.3) is 6.08 Å². The molecular formula is C12H17N3O3.